The van der Waals surface area contributed by atoms with Crippen molar-refractivity contribution in [3.8, 4) is 0 Å². The molecule has 0 aliphatic heterocycles. The quantitative estimate of drug-likeness (QED) is 0.813. The van der Waals surface area contributed by atoms with Crippen LogP contribution in [0.3, 0.4) is 0 Å². The molecule has 0 aromatic carbocycles. The second-order valence-corrected chi connectivity index (χ2v) is 5.08. The van der Waals surface area contributed by atoms with Crippen molar-refractivity contribution in [2.24, 2.45) is 5.73 Å². The number of carbonyl (C=O) groups is 1. The van der Waals surface area contributed by atoms with Crippen LogP contribution in [-0.4, -0.2) is 23.1 Å². The van der Waals surface area contributed by atoms with Gasteiger partial charge in [0, 0.05) is 30.5 Å². The number of hydrogen-bond donors (Lipinski definition) is 2. The summed E-state index contributed by atoms with van der Waals surface area (Å²) in [5, 5.41) is 3.05. The van der Waals surface area contributed by atoms with Crippen LogP contribution in [0.15, 0.2) is 6.07 Å². The molecule has 0 spiro atoms. The van der Waals surface area contributed by atoms with E-state index in [1.165, 1.54) is 0 Å². The number of rotatable bonds is 7. The summed E-state index contributed by atoms with van der Waals surface area (Å²) >= 11 is 0. The summed E-state index contributed by atoms with van der Waals surface area (Å²) in [7, 11) is 0. The number of hydrogen-bond acceptors (Lipinski definition) is 2. The van der Waals surface area contributed by atoms with Crippen molar-refractivity contribution in [1.29, 1.82) is 0 Å². The standard InChI is InChI=1S/C15H27N3O.ClH/c1-5-7-8-13(10-16)17-15(19)14-9-11(3)18(6-2)12(14)4;/h9,13H,5-8,10,16H2,1-4H3,(H,17,19);1H. The lowest BCUT2D eigenvalue weighted by atomic mass is 10.1. The van der Waals surface area contributed by atoms with Gasteiger partial charge in [-0.15, -0.1) is 12.4 Å². The van der Waals surface area contributed by atoms with Crippen molar-refractivity contribution in [3.05, 3.63) is 23.0 Å². The highest BCUT2D eigenvalue weighted by Gasteiger charge is 2.17. The van der Waals surface area contributed by atoms with Crippen molar-refractivity contribution in [1.82, 2.24) is 9.88 Å². The van der Waals surface area contributed by atoms with Crippen LogP contribution in [0.5, 0.6) is 0 Å². The number of nitrogens with two attached hydrogens (primary N) is 1. The van der Waals surface area contributed by atoms with E-state index in [9.17, 15) is 4.79 Å². The molecule has 0 aliphatic rings. The average Bonchev–Trinajstić information content (AvgIpc) is 2.69. The summed E-state index contributed by atoms with van der Waals surface area (Å²) in [4.78, 5) is 12.3. The molecule has 0 bridgehead atoms. The molecule has 116 valence electrons. The number of nitrogens with zero attached hydrogens (tertiary/aromatic N) is 1. The Labute approximate surface area is 128 Å². The largest absolute Gasteiger partial charge is 0.349 e. The number of unbranched alkanes of at least 4 members (excludes halogenated alkanes) is 1. The summed E-state index contributed by atoms with van der Waals surface area (Å²) in [5.74, 6) is -0.000599. The Kier molecular flexibility index (Phi) is 8.58. The molecule has 1 aromatic heterocycles. The topological polar surface area (TPSA) is 60.0 Å². The molecule has 0 aliphatic carbocycles. The van der Waals surface area contributed by atoms with Crippen LogP contribution in [0, 0.1) is 13.8 Å². The molecule has 5 heteroatoms. The van der Waals surface area contributed by atoms with Gasteiger partial charge in [-0.1, -0.05) is 19.8 Å². The third kappa shape index (κ3) is 4.53. The molecule has 0 fully saturated rings. The van der Waals surface area contributed by atoms with Crippen LogP contribution in [-0.2, 0) is 6.54 Å². The minimum Gasteiger partial charge on any atom is -0.349 e. The van der Waals surface area contributed by atoms with E-state index in [0.717, 1.165) is 42.8 Å². The SMILES string of the molecule is CCCCC(CN)NC(=O)c1cc(C)n(CC)c1C.Cl. The van der Waals surface area contributed by atoms with Gasteiger partial charge in [-0.3, -0.25) is 4.79 Å². The van der Waals surface area contributed by atoms with E-state index in [4.69, 9.17) is 5.73 Å². The second kappa shape index (κ2) is 9.03. The molecule has 0 saturated carbocycles. The van der Waals surface area contributed by atoms with Crippen molar-refractivity contribution < 1.29 is 4.79 Å². The van der Waals surface area contributed by atoms with E-state index in [1.54, 1.807) is 0 Å². The van der Waals surface area contributed by atoms with Gasteiger partial charge in [-0.05, 0) is 33.3 Å². The Hall–Kier alpha value is -1.00. The van der Waals surface area contributed by atoms with Gasteiger partial charge in [-0.2, -0.15) is 0 Å². The van der Waals surface area contributed by atoms with Crippen molar-refractivity contribution >= 4 is 18.3 Å². The van der Waals surface area contributed by atoms with E-state index in [2.05, 4.69) is 23.7 Å². The first-order chi connectivity index (χ1) is 9.04. The lowest BCUT2D eigenvalue weighted by Crippen LogP contribution is -2.40. The predicted octanol–water partition coefficient (Wildman–Crippen LogP) is 2.79. The van der Waals surface area contributed by atoms with E-state index >= 15 is 0 Å². The molecular weight excluding hydrogens is 274 g/mol. The molecule has 1 heterocycles. The molecule has 20 heavy (non-hydrogen) atoms. The van der Waals surface area contributed by atoms with E-state index in [-0.39, 0.29) is 24.4 Å². The van der Waals surface area contributed by atoms with Gasteiger partial charge in [-0.25, -0.2) is 0 Å². The number of amides is 1. The molecule has 1 rings (SSSR count). The monoisotopic (exact) mass is 301 g/mol. The van der Waals surface area contributed by atoms with Gasteiger partial charge in [0.1, 0.15) is 0 Å². The van der Waals surface area contributed by atoms with Gasteiger partial charge in [0.25, 0.3) is 5.91 Å². The van der Waals surface area contributed by atoms with Gasteiger partial charge in [0.15, 0.2) is 0 Å². The molecule has 0 radical (unpaired) electrons. The minimum absolute atomic E-state index is 0. The average molecular weight is 302 g/mol. The van der Waals surface area contributed by atoms with Crippen LogP contribution < -0.4 is 11.1 Å². The highest BCUT2D eigenvalue weighted by molar-refractivity contribution is 5.95. The fraction of sp³-hybridized carbons (Fsp3) is 0.667. The third-order valence-electron chi connectivity index (χ3n) is 3.66. The Balaban J connectivity index is 0.00000361. The summed E-state index contributed by atoms with van der Waals surface area (Å²) in [6.45, 7) is 9.65. The maximum atomic E-state index is 12.3. The summed E-state index contributed by atoms with van der Waals surface area (Å²) < 4.78 is 2.15. The zero-order chi connectivity index (χ0) is 14.4. The normalized spacial score (nSPS) is 11.8. The molecule has 1 unspecified atom stereocenters. The summed E-state index contributed by atoms with van der Waals surface area (Å²) in [5.41, 5.74) is 8.65. The van der Waals surface area contributed by atoms with Crippen molar-refractivity contribution in [3.63, 3.8) is 0 Å². The maximum absolute atomic E-state index is 12.3. The molecule has 1 atom stereocenters. The number of nitrogens with one attached hydrogen (secondary N) is 1. The molecule has 4 nitrogen and oxygen atoms in total. The lowest BCUT2D eigenvalue weighted by Gasteiger charge is -2.16. The Bertz CT molecular complexity index is 429. The van der Waals surface area contributed by atoms with Crippen molar-refractivity contribution in [2.75, 3.05) is 6.54 Å². The van der Waals surface area contributed by atoms with Crippen LogP contribution in [0.25, 0.3) is 0 Å². The Morgan fingerprint density at radius 3 is 2.50 bits per heavy atom. The van der Waals surface area contributed by atoms with Gasteiger partial charge >= 0.3 is 0 Å². The van der Waals surface area contributed by atoms with Crippen molar-refractivity contribution in [2.45, 2.75) is 59.5 Å². The van der Waals surface area contributed by atoms with Crippen LogP contribution in [0.1, 0.15) is 54.9 Å². The highest BCUT2D eigenvalue weighted by atomic mass is 35.5. The zero-order valence-electron chi connectivity index (χ0n) is 13.0. The van der Waals surface area contributed by atoms with E-state index in [0.29, 0.717) is 6.54 Å². The molecule has 0 saturated heterocycles. The number of carbonyl (C=O) groups excluding carboxylic acids is 1. The fourth-order valence-electron chi connectivity index (χ4n) is 2.48. The fourth-order valence-corrected chi connectivity index (χ4v) is 2.48. The second-order valence-electron chi connectivity index (χ2n) is 5.08. The van der Waals surface area contributed by atoms with E-state index in [1.807, 2.05) is 19.9 Å². The third-order valence-corrected chi connectivity index (χ3v) is 3.66. The number of halogens is 1. The summed E-state index contributed by atoms with van der Waals surface area (Å²) in [6.07, 6.45) is 3.16. The van der Waals surface area contributed by atoms with Gasteiger partial charge < -0.3 is 15.6 Å². The summed E-state index contributed by atoms with van der Waals surface area (Å²) in [6, 6.07) is 2.04. The van der Waals surface area contributed by atoms with Crippen LogP contribution in [0.4, 0.5) is 0 Å². The molecule has 1 amide bonds. The Morgan fingerprint density at radius 1 is 1.40 bits per heavy atom. The highest BCUT2D eigenvalue weighted by Crippen LogP contribution is 2.15. The van der Waals surface area contributed by atoms with Gasteiger partial charge in [0.05, 0.1) is 5.56 Å². The number of aromatic nitrogens is 1. The zero-order valence-corrected chi connectivity index (χ0v) is 13.8. The minimum atomic E-state index is -0.000599. The first kappa shape index (κ1) is 19.0. The number of aryl methyl sites for hydroxylation is 1. The lowest BCUT2D eigenvalue weighted by molar-refractivity contribution is 0.0935. The molecule has 1 aromatic rings. The van der Waals surface area contributed by atoms with Crippen LogP contribution in [0.2, 0.25) is 0 Å². The Morgan fingerprint density at radius 2 is 2.05 bits per heavy atom. The first-order valence-electron chi connectivity index (χ1n) is 7.22. The van der Waals surface area contributed by atoms with Crippen LogP contribution >= 0.6 is 12.4 Å². The van der Waals surface area contributed by atoms with Gasteiger partial charge in [0.2, 0.25) is 0 Å². The maximum Gasteiger partial charge on any atom is 0.253 e. The van der Waals surface area contributed by atoms with E-state index < -0.39 is 0 Å². The predicted molar refractivity (Wildman–Crippen MR) is 86.7 cm³/mol. The smallest absolute Gasteiger partial charge is 0.253 e. The molecular formula is C15H28ClN3O. The molecule has 3 N–H and O–H groups in total. The first-order valence-corrected chi connectivity index (χ1v) is 7.22.